The SMILES string of the molecule is CC(NC1CCCCCC1)(C(N)=O)c1ccc(F)c(Cl)c1. The Morgan fingerprint density at radius 3 is 2.48 bits per heavy atom. The van der Waals surface area contributed by atoms with Gasteiger partial charge in [0.1, 0.15) is 11.4 Å². The van der Waals surface area contributed by atoms with Crippen LogP contribution in [0.4, 0.5) is 4.39 Å². The molecule has 1 aliphatic rings. The first-order valence-corrected chi connectivity index (χ1v) is 7.84. The third-order valence-corrected chi connectivity index (χ3v) is 4.63. The summed E-state index contributed by atoms with van der Waals surface area (Å²) >= 11 is 5.84. The normalized spacial score (nSPS) is 19.8. The zero-order valence-corrected chi connectivity index (χ0v) is 13.0. The lowest BCUT2D eigenvalue weighted by Crippen LogP contribution is -2.54. The van der Waals surface area contributed by atoms with Gasteiger partial charge in [0.25, 0.3) is 0 Å². The van der Waals surface area contributed by atoms with Crippen LogP contribution < -0.4 is 11.1 Å². The van der Waals surface area contributed by atoms with Crippen molar-refractivity contribution < 1.29 is 9.18 Å². The number of hydrogen-bond donors (Lipinski definition) is 2. The summed E-state index contributed by atoms with van der Waals surface area (Å²) in [6, 6.07) is 4.56. The van der Waals surface area contributed by atoms with Crippen molar-refractivity contribution in [2.75, 3.05) is 0 Å². The fraction of sp³-hybridized carbons (Fsp3) is 0.562. The minimum atomic E-state index is -1.04. The molecule has 0 aromatic heterocycles. The molecule has 1 aliphatic carbocycles. The zero-order chi connectivity index (χ0) is 15.5. The van der Waals surface area contributed by atoms with E-state index in [9.17, 15) is 9.18 Å². The average molecular weight is 313 g/mol. The molecule has 0 radical (unpaired) electrons. The highest BCUT2D eigenvalue weighted by molar-refractivity contribution is 6.30. The van der Waals surface area contributed by atoms with Gasteiger partial charge in [-0.1, -0.05) is 43.4 Å². The Morgan fingerprint density at radius 2 is 1.95 bits per heavy atom. The molecule has 21 heavy (non-hydrogen) atoms. The van der Waals surface area contributed by atoms with E-state index in [1.807, 2.05) is 0 Å². The van der Waals surface area contributed by atoms with Gasteiger partial charge in [-0.3, -0.25) is 10.1 Å². The maximum atomic E-state index is 13.3. The first-order valence-electron chi connectivity index (χ1n) is 7.46. The molecule has 1 aromatic carbocycles. The van der Waals surface area contributed by atoms with Gasteiger partial charge in [-0.25, -0.2) is 4.39 Å². The van der Waals surface area contributed by atoms with Crippen LogP contribution >= 0.6 is 11.6 Å². The topological polar surface area (TPSA) is 55.1 Å². The van der Waals surface area contributed by atoms with Gasteiger partial charge >= 0.3 is 0 Å². The van der Waals surface area contributed by atoms with Gasteiger partial charge in [0.2, 0.25) is 5.91 Å². The van der Waals surface area contributed by atoms with Gasteiger partial charge in [-0.15, -0.1) is 0 Å². The number of primary amides is 1. The number of halogens is 2. The summed E-state index contributed by atoms with van der Waals surface area (Å²) in [7, 11) is 0. The highest BCUT2D eigenvalue weighted by Crippen LogP contribution is 2.28. The van der Waals surface area contributed by atoms with Gasteiger partial charge in [0.05, 0.1) is 5.02 Å². The molecule has 1 amide bonds. The molecule has 1 saturated carbocycles. The van der Waals surface area contributed by atoms with Crippen molar-refractivity contribution in [2.24, 2.45) is 5.73 Å². The van der Waals surface area contributed by atoms with Crippen molar-refractivity contribution >= 4 is 17.5 Å². The van der Waals surface area contributed by atoms with Gasteiger partial charge in [0.15, 0.2) is 0 Å². The second kappa shape index (κ2) is 6.75. The molecule has 3 N–H and O–H groups in total. The maximum Gasteiger partial charge on any atom is 0.242 e. The Morgan fingerprint density at radius 1 is 1.33 bits per heavy atom. The van der Waals surface area contributed by atoms with Crippen LogP contribution in [0.3, 0.4) is 0 Å². The molecule has 0 saturated heterocycles. The third kappa shape index (κ3) is 3.74. The van der Waals surface area contributed by atoms with E-state index in [4.69, 9.17) is 17.3 Å². The molecular formula is C16H22ClFN2O. The van der Waals surface area contributed by atoms with Gasteiger partial charge in [0, 0.05) is 6.04 Å². The summed E-state index contributed by atoms with van der Waals surface area (Å²) in [6.07, 6.45) is 6.81. The third-order valence-electron chi connectivity index (χ3n) is 4.34. The number of hydrogen-bond acceptors (Lipinski definition) is 2. The van der Waals surface area contributed by atoms with Gasteiger partial charge in [-0.2, -0.15) is 0 Å². The number of rotatable bonds is 4. The molecule has 1 atom stereocenters. The first kappa shape index (κ1) is 16.2. The minimum Gasteiger partial charge on any atom is -0.368 e. The minimum absolute atomic E-state index is 0.00245. The summed E-state index contributed by atoms with van der Waals surface area (Å²) < 4.78 is 13.3. The molecule has 1 fully saturated rings. The number of benzene rings is 1. The van der Waals surface area contributed by atoms with Crippen molar-refractivity contribution in [3.8, 4) is 0 Å². The van der Waals surface area contributed by atoms with Crippen LogP contribution in [-0.2, 0) is 10.3 Å². The molecule has 2 rings (SSSR count). The monoisotopic (exact) mass is 312 g/mol. The van der Waals surface area contributed by atoms with Crippen LogP contribution in [0, 0.1) is 5.82 Å². The van der Waals surface area contributed by atoms with Crippen molar-refractivity contribution in [3.05, 3.63) is 34.6 Å². The molecule has 0 aliphatic heterocycles. The van der Waals surface area contributed by atoms with Crippen LogP contribution in [-0.4, -0.2) is 11.9 Å². The van der Waals surface area contributed by atoms with E-state index in [2.05, 4.69) is 5.32 Å². The van der Waals surface area contributed by atoms with Crippen LogP contribution in [0.25, 0.3) is 0 Å². The van der Waals surface area contributed by atoms with Crippen LogP contribution in [0.2, 0.25) is 5.02 Å². The van der Waals surface area contributed by atoms with E-state index in [1.165, 1.54) is 25.0 Å². The number of amides is 1. The molecule has 116 valence electrons. The highest BCUT2D eigenvalue weighted by Gasteiger charge is 2.35. The number of carbonyl (C=O) groups is 1. The first-order chi connectivity index (χ1) is 9.93. The largest absolute Gasteiger partial charge is 0.368 e. The lowest BCUT2D eigenvalue weighted by atomic mass is 9.89. The van der Waals surface area contributed by atoms with Crippen LogP contribution in [0.15, 0.2) is 18.2 Å². The van der Waals surface area contributed by atoms with E-state index in [1.54, 1.807) is 13.0 Å². The Labute approximate surface area is 130 Å². The molecule has 0 spiro atoms. The summed E-state index contributed by atoms with van der Waals surface area (Å²) in [5.41, 5.74) is 5.18. The second-order valence-electron chi connectivity index (χ2n) is 5.95. The number of nitrogens with two attached hydrogens (primary N) is 1. The molecule has 0 bridgehead atoms. The highest BCUT2D eigenvalue weighted by atomic mass is 35.5. The molecule has 1 unspecified atom stereocenters. The molecule has 1 aromatic rings. The lowest BCUT2D eigenvalue weighted by molar-refractivity contribution is -0.124. The van der Waals surface area contributed by atoms with E-state index in [0.717, 1.165) is 25.7 Å². The van der Waals surface area contributed by atoms with Crippen LogP contribution in [0.1, 0.15) is 51.0 Å². The molecule has 0 heterocycles. The summed E-state index contributed by atoms with van der Waals surface area (Å²) in [5, 5.41) is 3.38. The smallest absolute Gasteiger partial charge is 0.242 e. The number of carbonyl (C=O) groups excluding carboxylic acids is 1. The lowest BCUT2D eigenvalue weighted by Gasteiger charge is -2.33. The Bertz CT molecular complexity index is 515. The van der Waals surface area contributed by atoms with Crippen molar-refractivity contribution in [2.45, 2.75) is 57.0 Å². The zero-order valence-electron chi connectivity index (χ0n) is 12.3. The van der Waals surface area contributed by atoms with Crippen molar-refractivity contribution in [1.82, 2.24) is 5.32 Å². The van der Waals surface area contributed by atoms with E-state index < -0.39 is 17.3 Å². The predicted molar refractivity (Wildman–Crippen MR) is 82.6 cm³/mol. The standard InChI is InChI=1S/C16H22ClFN2O/c1-16(15(19)21,11-8-9-14(18)13(17)10-11)20-12-6-4-2-3-5-7-12/h8-10,12,20H,2-7H2,1H3,(H2,19,21). The Balaban J connectivity index is 2.26. The summed E-state index contributed by atoms with van der Waals surface area (Å²) in [6.45, 7) is 1.74. The van der Waals surface area contributed by atoms with Crippen molar-refractivity contribution in [1.29, 1.82) is 0 Å². The Hall–Kier alpha value is -1.13. The predicted octanol–water partition coefficient (Wildman–Crippen LogP) is 3.49. The average Bonchev–Trinajstić information content (AvgIpc) is 2.70. The van der Waals surface area contributed by atoms with E-state index >= 15 is 0 Å². The maximum absolute atomic E-state index is 13.3. The fourth-order valence-corrected chi connectivity index (χ4v) is 3.12. The molecule has 5 heteroatoms. The van der Waals surface area contributed by atoms with E-state index in [-0.39, 0.29) is 11.1 Å². The van der Waals surface area contributed by atoms with Gasteiger partial charge in [-0.05, 0) is 37.5 Å². The fourth-order valence-electron chi connectivity index (χ4n) is 2.94. The van der Waals surface area contributed by atoms with Crippen LogP contribution in [0.5, 0.6) is 0 Å². The van der Waals surface area contributed by atoms with E-state index in [0.29, 0.717) is 5.56 Å². The summed E-state index contributed by atoms with van der Waals surface area (Å²) in [5.74, 6) is -0.976. The second-order valence-corrected chi connectivity index (χ2v) is 6.36. The summed E-state index contributed by atoms with van der Waals surface area (Å²) in [4.78, 5) is 12.0. The number of nitrogens with one attached hydrogen (secondary N) is 1. The molecule has 3 nitrogen and oxygen atoms in total. The van der Waals surface area contributed by atoms with Crippen molar-refractivity contribution in [3.63, 3.8) is 0 Å². The van der Waals surface area contributed by atoms with Gasteiger partial charge < -0.3 is 5.73 Å². The Kier molecular flexibility index (Phi) is 5.22. The quantitative estimate of drug-likeness (QED) is 0.836. The molecular weight excluding hydrogens is 291 g/mol.